The Bertz CT molecular complexity index is 957. The Morgan fingerprint density at radius 2 is 2.00 bits per heavy atom. The number of nitrogens with zero attached hydrogens (tertiary/aromatic N) is 4. The van der Waals surface area contributed by atoms with Crippen molar-refractivity contribution in [1.82, 2.24) is 19.6 Å². The molecule has 3 rings (SSSR count). The molecule has 0 fully saturated rings. The van der Waals surface area contributed by atoms with E-state index in [1.807, 2.05) is 24.3 Å². The van der Waals surface area contributed by atoms with Crippen LogP contribution in [0.3, 0.4) is 0 Å². The normalized spacial score (nSPS) is 10.8. The summed E-state index contributed by atoms with van der Waals surface area (Å²) in [6, 6.07) is 7.16. The van der Waals surface area contributed by atoms with E-state index < -0.39 is 0 Å². The van der Waals surface area contributed by atoms with Crippen LogP contribution < -0.4 is 14.8 Å². The highest BCUT2D eigenvalue weighted by atomic mass is 32.2. The van der Waals surface area contributed by atoms with Gasteiger partial charge >= 0.3 is 0 Å². The number of fused-ring (bicyclic) bond motifs is 1. The van der Waals surface area contributed by atoms with E-state index in [1.54, 1.807) is 32.4 Å². The molecule has 9 heteroatoms. The molecule has 0 atom stereocenters. The van der Waals surface area contributed by atoms with Gasteiger partial charge in [-0.1, -0.05) is 11.8 Å². The molecule has 1 aromatic carbocycles. The molecular weight excluding hydrogens is 354 g/mol. The Balaban J connectivity index is 1.70. The van der Waals surface area contributed by atoms with E-state index >= 15 is 0 Å². The van der Waals surface area contributed by atoms with E-state index in [2.05, 4.69) is 20.5 Å². The van der Waals surface area contributed by atoms with Gasteiger partial charge < -0.3 is 14.8 Å². The predicted molar refractivity (Wildman–Crippen MR) is 99.2 cm³/mol. The van der Waals surface area contributed by atoms with Crippen LogP contribution in [-0.4, -0.2) is 45.5 Å². The highest BCUT2D eigenvalue weighted by Gasteiger charge is 2.14. The van der Waals surface area contributed by atoms with Crippen LogP contribution >= 0.6 is 11.8 Å². The van der Waals surface area contributed by atoms with Gasteiger partial charge in [0.1, 0.15) is 11.5 Å². The van der Waals surface area contributed by atoms with Gasteiger partial charge in [-0.05, 0) is 32.0 Å². The second kappa shape index (κ2) is 7.61. The Labute approximate surface area is 154 Å². The van der Waals surface area contributed by atoms with E-state index in [9.17, 15) is 4.79 Å². The van der Waals surface area contributed by atoms with Crippen molar-refractivity contribution in [2.24, 2.45) is 0 Å². The lowest BCUT2D eigenvalue weighted by molar-refractivity contribution is -0.113. The fourth-order valence-corrected chi connectivity index (χ4v) is 3.30. The standard InChI is InChI=1S/C17H19N5O3S/c1-10-7-11(2)22-16(18-10)20-21-17(22)26-9-15(23)19-13-6-5-12(24-3)8-14(13)25-4/h5-8H,9H2,1-4H3,(H,19,23). The summed E-state index contributed by atoms with van der Waals surface area (Å²) in [5, 5.41) is 11.6. The van der Waals surface area contributed by atoms with Gasteiger partial charge in [0, 0.05) is 17.5 Å². The summed E-state index contributed by atoms with van der Waals surface area (Å²) < 4.78 is 12.3. The molecule has 1 amide bonds. The number of aryl methyl sites for hydroxylation is 2. The fraction of sp³-hybridized carbons (Fsp3) is 0.294. The summed E-state index contributed by atoms with van der Waals surface area (Å²) >= 11 is 1.30. The molecule has 0 aliphatic heterocycles. The van der Waals surface area contributed by atoms with Crippen LogP contribution in [-0.2, 0) is 4.79 Å². The first kappa shape index (κ1) is 18.0. The van der Waals surface area contributed by atoms with Crippen molar-refractivity contribution >= 4 is 29.1 Å². The van der Waals surface area contributed by atoms with Crippen molar-refractivity contribution in [2.45, 2.75) is 19.0 Å². The van der Waals surface area contributed by atoms with Crippen LogP contribution in [0, 0.1) is 13.8 Å². The molecule has 2 aromatic heterocycles. The second-order valence-corrected chi connectivity index (χ2v) is 6.50. The maximum Gasteiger partial charge on any atom is 0.256 e. The lowest BCUT2D eigenvalue weighted by Crippen LogP contribution is -2.15. The molecular formula is C17H19N5O3S. The molecule has 0 unspecified atom stereocenters. The fourth-order valence-electron chi connectivity index (χ4n) is 2.51. The number of nitrogens with one attached hydrogen (secondary N) is 1. The number of ether oxygens (including phenoxy) is 2. The first-order chi connectivity index (χ1) is 12.5. The first-order valence-electron chi connectivity index (χ1n) is 7.86. The average Bonchev–Trinajstić information content (AvgIpc) is 3.03. The van der Waals surface area contributed by atoms with Crippen LogP contribution in [0.5, 0.6) is 11.5 Å². The van der Waals surface area contributed by atoms with Crippen molar-refractivity contribution in [3.8, 4) is 11.5 Å². The summed E-state index contributed by atoms with van der Waals surface area (Å²) in [5.41, 5.74) is 2.43. The molecule has 1 N–H and O–H groups in total. The SMILES string of the molecule is COc1ccc(NC(=O)CSc2nnc3nc(C)cc(C)n23)c(OC)c1. The van der Waals surface area contributed by atoms with Gasteiger partial charge in [0.05, 0.1) is 25.7 Å². The minimum absolute atomic E-state index is 0.173. The summed E-state index contributed by atoms with van der Waals surface area (Å²) in [6.45, 7) is 3.86. The van der Waals surface area contributed by atoms with Crippen molar-refractivity contribution < 1.29 is 14.3 Å². The highest BCUT2D eigenvalue weighted by molar-refractivity contribution is 7.99. The molecule has 0 saturated carbocycles. The summed E-state index contributed by atoms with van der Waals surface area (Å²) in [5.74, 6) is 1.73. The number of anilines is 1. The van der Waals surface area contributed by atoms with Crippen LogP contribution in [0.1, 0.15) is 11.4 Å². The third kappa shape index (κ3) is 3.72. The Kier molecular flexibility index (Phi) is 5.27. The molecule has 0 saturated heterocycles. The zero-order chi connectivity index (χ0) is 18.7. The number of carbonyl (C=O) groups excluding carboxylic acids is 1. The van der Waals surface area contributed by atoms with Gasteiger partial charge in [0.2, 0.25) is 5.91 Å². The lowest BCUT2D eigenvalue weighted by Gasteiger charge is -2.11. The molecule has 0 spiro atoms. The van der Waals surface area contributed by atoms with Gasteiger partial charge in [-0.2, -0.15) is 0 Å². The van der Waals surface area contributed by atoms with Crippen LogP contribution in [0.2, 0.25) is 0 Å². The monoisotopic (exact) mass is 373 g/mol. The molecule has 8 nitrogen and oxygen atoms in total. The van der Waals surface area contributed by atoms with Crippen LogP contribution in [0.15, 0.2) is 29.4 Å². The summed E-state index contributed by atoms with van der Waals surface area (Å²) in [6.07, 6.45) is 0. The Morgan fingerprint density at radius 1 is 1.19 bits per heavy atom. The summed E-state index contributed by atoms with van der Waals surface area (Å²) in [4.78, 5) is 16.7. The summed E-state index contributed by atoms with van der Waals surface area (Å²) in [7, 11) is 3.12. The van der Waals surface area contributed by atoms with Crippen LogP contribution in [0.25, 0.3) is 5.78 Å². The van der Waals surface area contributed by atoms with E-state index in [0.29, 0.717) is 28.1 Å². The van der Waals surface area contributed by atoms with Gasteiger partial charge in [-0.3, -0.25) is 9.20 Å². The predicted octanol–water partition coefficient (Wildman–Crippen LogP) is 2.49. The molecule has 3 aromatic rings. The maximum absolute atomic E-state index is 12.3. The Morgan fingerprint density at radius 3 is 2.73 bits per heavy atom. The average molecular weight is 373 g/mol. The first-order valence-corrected chi connectivity index (χ1v) is 8.84. The van der Waals surface area contributed by atoms with Crippen molar-refractivity contribution in [1.29, 1.82) is 0 Å². The van der Waals surface area contributed by atoms with E-state index in [-0.39, 0.29) is 11.7 Å². The molecule has 0 bridgehead atoms. The number of rotatable bonds is 6. The molecule has 2 heterocycles. The number of benzene rings is 1. The number of hydrogen-bond acceptors (Lipinski definition) is 7. The molecule has 0 radical (unpaired) electrons. The topological polar surface area (TPSA) is 90.6 Å². The highest BCUT2D eigenvalue weighted by Crippen LogP contribution is 2.29. The second-order valence-electron chi connectivity index (χ2n) is 5.56. The number of amides is 1. The smallest absolute Gasteiger partial charge is 0.256 e. The molecule has 0 aliphatic carbocycles. The van der Waals surface area contributed by atoms with Crippen LogP contribution in [0.4, 0.5) is 5.69 Å². The largest absolute Gasteiger partial charge is 0.497 e. The third-order valence-corrected chi connectivity index (χ3v) is 4.61. The minimum atomic E-state index is -0.173. The molecule has 136 valence electrons. The lowest BCUT2D eigenvalue weighted by atomic mass is 10.2. The molecule has 0 aliphatic rings. The number of hydrogen-bond donors (Lipinski definition) is 1. The van der Waals surface area contributed by atoms with E-state index in [1.165, 1.54) is 11.8 Å². The van der Waals surface area contributed by atoms with Gasteiger partial charge in [-0.15, -0.1) is 10.2 Å². The maximum atomic E-state index is 12.3. The zero-order valence-corrected chi connectivity index (χ0v) is 15.8. The molecule has 26 heavy (non-hydrogen) atoms. The van der Waals surface area contributed by atoms with Crippen molar-refractivity contribution in [3.05, 3.63) is 35.7 Å². The quantitative estimate of drug-likeness (QED) is 0.664. The Hall–Kier alpha value is -2.81. The number of aromatic nitrogens is 4. The third-order valence-electron chi connectivity index (χ3n) is 3.68. The van der Waals surface area contributed by atoms with Gasteiger partial charge in [0.25, 0.3) is 5.78 Å². The number of methoxy groups -OCH3 is 2. The van der Waals surface area contributed by atoms with E-state index in [0.717, 1.165) is 11.4 Å². The van der Waals surface area contributed by atoms with E-state index in [4.69, 9.17) is 9.47 Å². The van der Waals surface area contributed by atoms with Crippen molar-refractivity contribution in [2.75, 3.05) is 25.3 Å². The van der Waals surface area contributed by atoms with Gasteiger partial charge in [-0.25, -0.2) is 4.98 Å². The zero-order valence-electron chi connectivity index (χ0n) is 14.9. The van der Waals surface area contributed by atoms with Crippen molar-refractivity contribution in [3.63, 3.8) is 0 Å². The minimum Gasteiger partial charge on any atom is -0.497 e. The number of thioether (sulfide) groups is 1. The van der Waals surface area contributed by atoms with Gasteiger partial charge in [0.15, 0.2) is 5.16 Å². The number of carbonyl (C=O) groups is 1.